The van der Waals surface area contributed by atoms with Gasteiger partial charge in [0, 0.05) is 34.0 Å². The first-order chi connectivity index (χ1) is 16.6. The van der Waals surface area contributed by atoms with Gasteiger partial charge in [-0.3, -0.25) is 0 Å². The van der Waals surface area contributed by atoms with E-state index in [2.05, 4.69) is 0 Å². The van der Waals surface area contributed by atoms with Crippen LogP contribution in [-0.2, 0) is 0 Å². The van der Waals surface area contributed by atoms with Gasteiger partial charge in [0.25, 0.3) is 0 Å². The van der Waals surface area contributed by atoms with E-state index in [1.165, 1.54) is 6.07 Å². The lowest BCUT2D eigenvalue weighted by atomic mass is 9.94. The fourth-order valence-electron chi connectivity index (χ4n) is 4.49. The van der Waals surface area contributed by atoms with Crippen molar-refractivity contribution in [3.63, 3.8) is 0 Å². The largest absolute Gasteiger partial charge is 0.497 e. The molecule has 164 valence electrons. The van der Waals surface area contributed by atoms with Crippen molar-refractivity contribution >= 4 is 32.7 Å². The molecule has 5 nitrogen and oxygen atoms in total. The van der Waals surface area contributed by atoms with E-state index in [0.717, 1.165) is 32.7 Å². The average molecular weight is 446 g/mol. The highest BCUT2D eigenvalue weighted by Crippen LogP contribution is 2.36. The van der Waals surface area contributed by atoms with Crippen LogP contribution in [0.25, 0.3) is 55.0 Å². The molecular weight excluding hydrogens is 428 g/mol. The molecule has 0 spiro atoms. The minimum absolute atomic E-state index is 0.321. The number of methoxy groups -OCH3 is 1. The predicted molar refractivity (Wildman–Crippen MR) is 133 cm³/mol. The highest BCUT2D eigenvalue weighted by atomic mass is 16.5. The molecule has 5 heteroatoms. The lowest BCUT2D eigenvalue weighted by molar-refractivity contribution is 0.414. The Hall–Kier alpha value is -4.64. The van der Waals surface area contributed by atoms with Gasteiger partial charge in [-0.2, -0.15) is 0 Å². The van der Waals surface area contributed by atoms with Gasteiger partial charge in [0.05, 0.1) is 12.7 Å². The Balaban J connectivity index is 1.65. The molecule has 0 bridgehead atoms. The fraction of sp³-hybridized carbons (Fsp3) is 0.0345. The van der Waals surface area contributed by atoms with Crippen LogP contribution in [0, 0.1) is 0 Å². The highest BCUT2D eigenvalue weighted by Gasteiger charge is 2.17. The van der Waals surface area contributed by atoms with Crippen LogP contribution in [-0.4, -0.2) is 7.11 Å². The molecule has 0 saturated heterocycles. The van der Waals surface area contributed by atoms with Crippen LogP contribution in [0.15, 0.2) is 109 Å². The zero-order chi connectivity index (χ0) is 23.2. The normalized spacial score (nSPS) is 11.3. The standard InChI is InChI=1S/C29H18O5/c1-32-19-13-12-18-14-25(29(31)33-26(18)15-19)23-11-5-10-22-24(16-27(30)34-28(22)23)21-9-4-7-17-6-2-3-8-20(17)21/h2-16H,1H3. The van der Waals surface area contributed by atoms with E-state index in [0.29, 0.717) is 28.0 Å². The zero-order valence-corrected chi connectivity index (χ0v) is 18.2. The molecule has 0 atom stereocenters. The van der Waals surface area contributed by atoms with E-state index in [1.807, 2.05) is 60.7 Å². The fourth-order valence-corrected chi connectivity index (χ4v) is 4.49. The first-order valence-electron chi connectivity index (χ1n) is 10.8. The Kier molecular flexibility index (Phi) is 4.56. The van der Waals surface area contributed by atoms with Crippen LogP contribution in [0.2, 0.25) is 0 Å². The molecule has 0 aliphatic rings. The van der Waals surface area contributed by atoms with E-state index >= 15 is 0 Å². The van der Waals surface area contributed by atoms with Crippen molar-refractivity contribution in [2.24, 2.45) is 0 Å². The lowest BCUT2D eigenvalue weighted by Gasteiger charge is -2.11. The molecule has 0 saturated carbocycles. The number of hydrogen-bond acceptors (Lipinski definition) is 5. The Labute approximate surface area is 193 Å². The molecule has 4 aromatic carbocycles. The number of benzene rings is 4. The van der Waals surface area contributed by atoms with Gasteiger partial charge in [-0.05, 0) is 34.5 Å². The number of rotatable bonds is 3. The smallest absolute Gasteiger partial charge is 0.344 e. The third kappa shape index (κ3) is 3.18. The molecule has 0 N–H and O–H groups in total. The minimum atomic E-state index is -0.522. The average Bonchev–Trinajstić information content (AvgIpc) is 2.87. The second-order valence-electron chi connectivity index (χ2n) is 8.04. The van der Waals surface area contributed by atoms with Crippen LogP contribution in [0.5, 0.6) is 5.75 Å². The molecule has 0 aliphatic heterocycles. The summed E-state index contributed by atoms with van der Waals surface area (Å²) in [5, 5.41) is 3.58. The van der Waals surface area contributed by atoms with Crippen molar-refractivity contribution in [2.75, 3.05) is 7.11 Å². The van der Waals surface area contributed by atoms with Gasteiger partial charge in [-0.1, -0.05) is 60.7 Å². The van der Waals surface area contributed by atoms with Crippen molar-refractivity contribution in [1.82, 2.24) is 0 Å². The minimum Gasteiger partial charge on any atom is -0.497 e. The van der Waals surface area contributed by atoms with E-state index in [1.54, 1.807) is 31.4 Å². The predicted octanol–water partition coefficient (Wildman–Crippen LogP) is 6.40. The second kappa shape index (κ2) is 7.74. The summed E-state index contributed by atoms with van der Waals surface area (Å²) in [5.41, 5.74) is 2.25. The summed E-state index contributed by atoms with van der Waals surface area (Å²) in [7, 11) is 1.55. The van der Waals surface area contributed by atoms with Gasteiger partial charge in [0.15, 0.2) is 0 Å². The number of ether oxygens (including phenoxy) is 1. The zero-order valence-electron chi connectivity index (χ0n) is 18.2. The summed E-state index contributed by atoms with van der Waals surface area (Å²) in [5.74, 6) is 0.597. The van der Waals surface area contributed by atoms with Crippen LogP contribution < -0.4 is 16.0 Å². The van der Waals surface area contributed by atoms with Gasteiger partial charge in [-0.15, -0.1) is 0 Å². The van der Waals surface area contributed by atoms with Gasteiger partial charge in [0.1, 0.15) is 16.9 Å². The van der Waals surface area contributed by atoms with E-state index in [-0.39, 0.29) is 0 Å². The quantitative estimate of drug-likeness (QED) is 0.294. The van der Waals surface area contributed by atoms with Crippen LogP contribution in [0.1, 0.15) is 0 Å². The topological polar surface area (TPSA) is 69.7 Å². The van der Waals surface area contributed by atoms with Gasteiger partial charge in [-0.25, -0.2) is 9.59 Å². The molecule has 0 amide bonds. The number of para-hydroxylation sites is 1. The number of hydrogen-bond donors (Lipinski definition) is 0. The first-order valence-corrected chi connectivity index (χ1v) is 10.8. The van der Waals surface area contributed by atoms with Crippen molar-refractivity contribution in [1.29, 1.82) is 0 Å². The molecule has 34 heavy (non-hydrogen) atoms. The van der Waals surface area contributed by atoms with Gasteiger partial charge >= 0.3 is 11.3 Å². The van der Waals surface area contributed by atoms with E-state index in [9.17, 15) is 9.59 Å². The van der Waals surface area contributed by atoms with Gasteiger partial charge < -0.3 is 13.6 Å². The Bertz CT molecular complexity index is 1840. The summed E-state index contributed by atoms with van der Waals surface area (Å²) in [6.07, 6.45) is 0. The Morgan fingerprint density at radius 1 is 0.618 bits per heavy atom. The maximum Gasteiger partial charge on any atom is 0.344 e. The molecule has 6 rings (SSSR count). The van der Waals surface area contributed by atoms with Crippen LogP contribution in [0.4, 0.5) is 0 Å². The summed E-state index contributed by atoms with van der Waals surface area (Å²) in [4.78, 5) is 25.6. The third-order valence-electron chi connectivity index (χ3n) is 6.08. The van der Waals surface area contributed by atoms with E-state index < -0.39 is 11.3 Å². The number of fused-ring (bicyclic) bond motifs is 3. The summed E-state index contributed by atoms with van der Waals surface area (Å²) < 4.78 is 16.5. The molecule has 0 aliphatic carbocycles. The lowest BCUT2D eigenvalue weighted by Crippen LogP contribution is -2.05. The Morgan fingerprint density at radius 2 is 1.38 bits per heavy atom. The van der Waals surface area contributed by atoms with E-state index in [4.69, 9.17) is 13.6 Å². The van der Waals surface area contributed by atoms with Crippen LogP contribution in [0.3, 0.4) is 0 Å². The maximum atomic E-state index is 13.0. The van der Waals surface area contributed by atoms with Crippen LogP contribution >= 0.6 is 0 Å². The third-order valence-corrected chi connectivity index (χ3v) is 6.08. The molecule has 0 unspecified atom stereocenters. The molecule has 2 heterocycles. The Morgan fingerprint density at radius 3 is 2.26 bits per heavy atom. The molecule has 0 radical (unpaired) electrons. The summed E-state index contributed by atoms with van der Waals surface area (Å²) in [6.45, 7) is 0. The first kappa shape index (κ1) is 20.0. The highest BCUT2D eigenvalue weighted by molar-refractivity contribution is 6.07. The molecular formula is C29H18O5. The molecule has 0 fully saturated rings. The van der Waals surface area contributed by atoms with Gasteiger partial charge in [0.2, 0.25) is 0 Å². The van der Waals surface area contributed by atoms with Crippen molar-refractivity contribution in [2.45, 2.75) is 0 Å². The summed E-state index contributed by atoms with van der Waals surface area (Å²) in [6, 6.07) is 28.1. The molecule has 2 aromatic heterocycles. The maximum absolute atomic E-state index is 13.0. The van der Waals surface area contributed by atoms with Crippen molar-refractivity contribution < 1.29 is 13.6 Å². The second-order valence-corrected chi connectivity index (χ2v) is 8.04. The van der Waals surface area contributed by atoms with Crippen molar-refractivity contribution in [3.05, 3.63) is 112 Å². The van der Waals surface area contributed by atoms with Crippen molar-refractivity contribution in [3.8, 4) is 28.0 Å². The monoisotopic (exact) mass is 446 g/mol. The SMILES string of the molecule is COc1ccc2cc(-c3cccc4c(-c5cccc6ccccc56)cc(=O)oc34)c(=O)oc2c1. The molecule has 6 aromatic rings. The summed E-state index contributed by atoms with van der Waals surface area (Å²) >= 11 is 0.